The molecule has 3 heteroatoms. The van der Waals surface area contributed by atoms with Crippen molar-refractivity contribution >= 4 is 16.9 Å². The van der Waals surface area contributed by atoms with Crippen LogP contribution in [0.5, 0.6) is 0 Å². The Bertz CT molecular complexity index is 549. The number of aryl methyl sites for hydroxylation is 1. The molecular formula is C14H16NO2+. The second-order valence-electron chi connectivity index (χ2n) is 3.95. The van der Waals surface area contributed by atoms with E-state index in [1.165, 1.54) is 10.9 Å². The molecule has 88 valence electrons. The lowest BCUT2D eigenvalue weighted by Gasteiger charge is -2.03. The summed E-state index contributed by atoms with van der Waals surface area (Å²) < 4.78 is 6.88. The molecule has 0 fully saturated rings. The Labute approximate surface area is 101 Å². The van der Waals surface area contributed by atoms with Crippen LogP contribution in [0, 0.1) is 6.92 Å². The molecule has 17 heavy (non-hydrogen) atoms. The topological polar surface area (TPSA) is 30.2 Å². The Morgan fingerprint density at radius 1 is 1.29 bits per heavy atom. The Kier molecular flexibility index (Phi) is 3.38. The summed E-state index contributed by atoms with van der Waals surface area (Å²) in [7, 11) is 0. The van der Waals surface area contributed by atoms with Gasteiger partial charge >= 0.3 is 5.97 Å². The van der Waals surface area contributed by atoms with Crippen molar-refractivity contribution in [3.05, 3.63) is 42.1 Å². The molecule has 3 nitrogen and oxygen atoms in total. The highest BCUT2D eigenvalue weighted by molar-refractivity contribution is 5.79. The van der Waals surface area contributed by atoms with E-state index in [2.05, 4.69) is 13.0 Å². The van der Waals surface area contributed by atoms with E-state index in [0.29, 0.717) is 6.61 Å². The minimum Gasteiger partial charge on any atom is -0.461 e. The maximum atomic E-state index is 11.5. The molecule has 1 aromatic heterocycles. The third-order valence-corrected chi connectivity index (χ3v) is 2.75. The summed E-state index contributed by atoms with van der Waals surface area (Å²) in [6.45, 7) is 4.56. The SMILES string of the molecule is CCOC(=O)C[n+]1ccc(C)c2ccccc21. The Balaban J connectivity index is 2.41. The normalized spacial score (nSPS) is 10.5. The minimum atomic E-state index is -0.202. The van der Waals surface area contributed by atoms with Gasteiger partial charge in [0.2, 0.25) is 12.1 Å². The van der Waals surface area contributed by atoms with Crippen molar-refractivity contribution in [2.75, 3.05) is 6.61 Å². The van der Waals surface area contributed by atoms with Crippen molar-refractivity contribution in [1.29, 1.82) is 0 Å². The molecule has 0 atom stereocenters. The summed E-state index contributed by atoms with van der Waals surface area (Å²) in [4.78, 5) is 11.5. The van der Waals surface area contributed by atoms with Gasteiger partial charge in [-0.25, -0.2) is 4.79 Å². The zero-order valence-corrected chi connectivity index (χ0v) is 10.1. The smallest absolute Gasteiger partial charge is 0.372 e. The van der Waals surface area contributed by atoms with Crippen LogP contribution < -0.4 is 4.57 Å². The van der Waals surface area contributed by atoms with E-state index in [1.54, 1.807) is 0 Å². The van der Waals surface area contributed by atoms with Gasteiger partial charge < -0.3 is 4.74 Å². The molecule has 0 spiro atoms. The third kappa shape index (κ3) is 2.44. The molecule has 0 N–H and O–H groups in total. The molecule has 0 saturated heterocycles. The number of rotatable bonds is 3. The molecule has 0 amide bonds. The van der Waals surface area contributed by atoms with Crippen LogP contribution in [0.1, 0.15) is 12.5 Å². The van der Waals surface area contributed by atoms with Gasteiger partial charge in [0.15, 0.2) is 6.20 Å². The van der Waals surface area contributed by atoms with Crippen LogP contribution in [0.25, 0.3) is 10.9 Å². The van der Waals surface area contributed by atoms with E-state index in [1.807, 2.05) is 42.0 Å². The molecule has 2 rings (SSSR count). The van der Waals surface area contributed by atoms with Crippen molar-refractivity contribution in [1.82, 2.24) is 0 Å². The lowest BCUT2D eigenvalue weighted by Crippen LogP contribution is -2.39. The number of nitrogens with zero attached hydrogens (tertiary/aromatic N) is 1. The largest absolute Gasteiger partial charge is 0.461 e. The number of aromatic nitrogens is 1. The first kappa shape index (κ1) is 11.6. The fourth-order valence-electron chi connectivity index (χ4n) is 1.91. The second kappa shape index (κ2) is 4.95. The van der Waals surface area contributed by atoms with Crippen LogP contribution in [0.2, 0.25) is 0 Å². The van der Waals surface area contributed by atoms with E-state index in [0.717, 1.165) is 5.52 Å². The maximum absolute atomic E-state index is 11.5. The molecule has 0 saturated carbocycles. The van der Waals surface area contributed by atoms with Crippen molar-refractivity contribution < 1.29 is 14.1 Å². The van der Waals surface area contributed by atoms with E-state index in [-0.39, 0.29) is 12.5 Å². The number of carbonyl (C=O) groups excluding carboxylic acids is 1. The highest BCUT2D eigenvalue weighted by atomic mass is 16.5. The number of ether oxygens (including phenoxy) is 1. The quantitative estimate of drug-likeness (QED) is 0.596. The van der Waals surface area contributed by atoms with Gasteiger partial charge in [-0.1, -0.05) is 12.1 Å². The molecular weight excluding hydrogens is 214 g/mol. The summed E-state index contributed by atoms with van der Waals surface area (Å²) in [6.07, 6.45) is 1.93. The predicted molar refractivity (Wildman–Crippen MR) is 65.5 cm³/mol. The van der Waals surface area contributed by atoms with Crippen LogP contribution in [-0.4, -0.2) is 12.6 Å². The van der Waals surface area contributed by atoms with E-state index in [9.17, 15) is 4.79 Å². The van der Waals surface area contributed by atoms with Gasteiger partial charge in [0.25, 0.3) is 0 Å². The van der Waals surface area contributed by atoms with E-state index >= 15 is 0 Å². The summed E-state index contributed by atoms with van der Waals surface area (Å²) in [6, 6.07) is 10.1. The maximum Gasteiger partial charge on any atom is 0.372 e. The molecule has 0 unspecified atom stereocenters. The molecule has 0 aliphatic heterocycles. The van der Waals surface area contributed by atoms with Crippen molar-refractivity contribution in [2.24, 2.45) is 0 Å². The molecule has 0 aliphatic carbocycles. The molecule has 0 bridgehead atoms. The van der Waals surface area contributed by atoms with Crippen LogP contribution in [0.4, 0.5) is 0 Å². The zero-order chi connectivity index (χ0) is 12.3. The van der Waals surface area contributed by atoms with Gasteiger partial charge in [0, 0.05) is 17.5 Å². The summed E-state index contributed by atoms with van der Waals surface area (Å²) >= 11 is 0. The Hall–Kier alpha value is -1.90. The standard InChI is InChI=1S/C14H16NO2/c1-3-17-14(16)10-15-9-8-11(2)12-6-4-5-7-13(12)15/h4-9H,3,10H2,1-2H3/q+1. The first-order chi connectivity index (χ1) is 8.22. The average molecular weight is 230 g/mol. The Morgan fingerprint density at radius 2 is 2.06 bits per heavy atom. The third-order valence-electron chi connectivity index (χ3n) is 2.75. The fraction of sp³-hybridized carbons (Fsp3) is 0.286. The highest BCUT2D eigenvalue weighted by Crippen LogP contribution is 2.13. The summed E-state index contributed by atoms with van der Waals surface area (Å²) in [5.74, 6) is -0.202. The summed E-state index contributed by atoms with van der Waals surface area (Å²) in [5.41, 5.74) is 2.27. The highest BCUT2D eigenvalue weighted by Gasteiger charge is 2.14. The number of esters is 1. The first-order valence-corrected chi connectivity index (χ1v) is 5.75. The van der Waals surface area contributed by atoms with Gasteiger partial charge in [-0.05, 0) is 25.5 Å². The van der Waals surface area contributed by atoms with Crippen LogP contribution >= 0.6 is 0 Å². The lowest BCUT2D eigenvalue weighted by atomic mass is 10.1. The van der Waals surface area contributed by atoms with Crippen LogP contribution in [0.15, 0.2) is 36.5 Å². The van der Waals surface area contributed by atoms with Crippen LogP contribution in [0.3, 0.4) is 0 Å². The number of pyridine rings is 1. The molecule has 2 aromatic rings. The number of para-hydroxylation sites is 1. The average Bonchev–Trinajstić information content (AvgIpc) is 2.34. The predicted octanol–water partition coefficient (Wildman–Crippen LogP) is 2.00. The van der Waals surface area contributed by atoms with Gasteiger partial charge in [0.05, 0.1) is 6.61 Å². The molecule has 0 aliphatic rings. The van der Waals surface area contributed by atoms with Gasteiger partial charge in [-0.3, -0.25) is 0 Å². The molecule has 0 radical (unpaired) electrons. The van der Waals surface area contributed by atoms with E-state index in [4.69, 9.17) is 4.74 Å². The van der Waals surface area contributed by atoms with Gasteiger partial charge in [0.1, 0.15) is 0 Å². The number of hydrogen-bond acceptors (Lipinski definition) is 2. The summed E-state index contributed by atoms with van der Waals surface area (Å²) in [5, 5.41) is 1.17. The van der Waals surface area contributed by atoms with Crippen LogP contribution in [-0.2, 0) is 16.1 Å². The van der Waals surface area contributed by atoms with Gasteiger partial charge in [-0.15, -0.1) is 0 Å². The number of carbonyl (C=O) groups is 1. The second-order valence-corrected chi connectivity index (χ2v) is 3.95. The van der Waals surface area contributed by atoms with Crippen molar-refractivity contribution in [3.63, 3.8) is 0 Å². The number of fused-ring (bicyclic) bond motifs is 1. The molecule has 1 aromatic carbocycles. The fourth-order valence-corrected chi connectivity index (χ4v) is 1.91. The van der Waals surface area contributed by atoms with Crippen molar-refractivity contribution in [3.8, 4) is 0 Å². The first-order valence-electron chi connectivity index (χ1n) is 5.75. The number of hydrogen-bond donors (Lipinski definition) is 0. The minimum absolute atomic E-state index is 0.202. The lowest BCUT2D eigenvalue weighted by molar-refractivity contribution is -0.660. The molecule has 1 heterocycles. The number of benzene rings is 1. The van der Waals surface area contributed by atoms with E-state index < -0.39 is 0 Å². The Morgan fingerprint density at radius 3 is 2.82 bits per heavy atom. The van der Waals surface area contributed by atoms with Crippen molar-refractivity contribution in [2.45, 2.75) is 20.4 Å². The monoisotopic (exact) mass is 230 g/mol. The van der Waals surface area contributed by atoms with Gasteiger partial charge in [-0.2, -0.15) is 4.57 Å². The zero-order valence-electron chi connectivity index (χ0n) is 10.1.